The highest BCUT2D eigenvalue weighted by atomic mass is 32.2. The number of hydrogen-bond donors (Lipinski definition) is 1. The lowest BCUT2D eigenvalue weighted by Gasteiger charge is -2.08. The van der Waals surface area contributed by atoms with Crippen LogP contribution in [0.3, 0.4) is 0 Å². The summed E-state index contributed by atoms with van der Waals surface area (Å²) in [5.74, 6) is -0.912. The van der Waals surface area contributed by atoms with E-state index in [-0.39, 0.29) is 29.4 Å². The maximum Gasteiger partial charge on any atom is 0.416 e. The Kier molecular flexibility index (Phi) is 5.59. The number of sulfone groups is 1. The van der Waals surface area contributed by atoms with Gasteiger partial charge in [-0.2, -0.15) is 18.3 Å². The largest absolute Gasteiger partial charge is 0.493 e. The fourth-order valence-corrected chi connectivity index (χ4v) is 2.53. The van der Waals surface area contributed by atoms with Crippen molar-refractivity contribution in [1.82, 2.24) is 15.1 Å². The summed E-state index contributed by atoms with van der Waals surface area (Å²) in [6, 6.07) is 4.42. The number of amides is 1. The third-order valence-electron chi connectivity index (χ3n) is 3.31. The predicted octanol–water partition coefficient (Wildman–Crippen LogP) is 1.67. The van der Waals surface area contributed by atoms with Gasteiger partial charge in [-0.25, -0.2) is 13.1 Å². The van der Waals surface area contributed by atoms with Gasteiger partial charge in [-0.15, -0.1) is 0 Å². The molecule has 0 radical (unpaired) electrons. The molecule has 1 amide bonds. The van der Waals surface area contributed by atoms with Gasteiger partial charge in [0.05, 0.1) is 30.3 Å². The van der Waals surface area contributed by atoms with E-state index in [4.69, 9.17) is 4.74 Å². The van der Waals surface area contributed by atoms with Gasteiger partial charge in [0.1, 0.15) is 9.84 Å². The molecule has 0 aliphatic carbocycles. The molecule has 0 fully saturated rings. The van der Waals surface area contributed by atoms with E-state index in [9.17, 15) is 26.4 Å². The van der Waals surface area contributed by atoms with Gasteiger partial charge >= 0.3 is 6.18 Å². The second-order valence-corrected chi connectivity index (χ2v) is 7.68. The minimum absolute atomic E-state index is 0.0410. The molecule has 11 heteroatoms. The number of nitrogens with zero attached hydrogens (tertiary/aromatic N) is 2. The average molecular weight is 391 g/mol. The summed E-state index contributed by atoms with van der Waals surface area (Å²) in [6.07, 6.45) is -2.22. The highest BCUT2D eigenvalue weighted by molar-refractivity contribution is 7.90. The van der Waals surface area contributed by atoms with E-state index in [1.165, 1.54) is 25.4 Å². The number of hydrogen-bond acceptors (Lipinski definition) is 5. The maximum atomic E-state index is 12.8. The third-order valence-corrected chi connectivity index (χ3v) is 4.26. The van der Waals surface area contributed by atoms with Gasteiger partial charge in [-0.05, 0) is 18.2 Å². The number of halogens is 3. The van der Waals surface area contributed by atoms with Crippen molar-refractivity contribution in [3.05, 3.63) is 41.7 Å². The summed E-state index contributed by atoms with van der Waals surface area (Å²) in [5, 5.41) is 6.33. The molecule has 2 aromatic rings. The molecule has 1 N–H and O–H groups in total. The first-order valence-corrected chi connectivity index (χ1v) is 9.34. The van der Waals surface area contributed by atoms with Crippen LogP contribution in [0.25, 0.3) is 5.69 Å². The Hall–Kier alpha value is -2.56. The molecular formula is C15H16F3N3O4S. The van der Waals surface area contributed by atoms with Crippen molar-refractivity contribution < 1.29 is 31.1 Å². The zero-order valence-corrected chi connectivity index (χ0v) is 14.7. The number of nitrogens with one attached hydrogen (secondary N) is 1. The first-order valence-electron chi connectivity index (χ1n) is 7.28. The van der Waals surface area contributed by atoms with Crippen molar-refractivity contribution in [1.29, 1.82) is 0 Å². The van der Waals surface area contributed by atoms with Crippen LogP contribution in [0, 0.1) is 0 Å². The Morgan fingerprint density at radius 2 is 2.04 bits per heavy atom. The van der Waals surface area contributed by atoms with E-state index < -0.39 is 27.5 Å². The van der Waals surface area contributed by atoms with Crippen molar-refractivity contribution in [3.63, 3.8) is 0 Å². The Labute approximate surface area is 147 Å². The van der Waals surface area contributed by atoms with E-state index >= 15 is 0 Å². The number of alkyl halides is 3. The van der Waals surface area contributed by atoms with Crippen LogP contribution in [-0.2, 0) is 16.0 Å². The first kappa shape index (κ1) is 19.8. The van der Waals surface area contributed by atoms with Crippen LogP contribution in [0.2, 0.25) is 0 Å². The van der Waals surface area contributed by atoms with Crippen LogP contribution in [0.15, 0.2) is 30.5 Å². The number of ether oxygens (including phenoxy) is 1. The van der Waals surface area contributed by atoms with Crippen LogP contribution >= 0.6 is 0 Å². The summed E-state index contributed by atoms with van der Waals surface area (Å²) < 4.78 is 66.8. The predicted molar refractivity (Wildman–Crippen MR) is 87.2 cm³/mol. The molecule has 0 saturated heterocycles. The molecule has 0 bridgehead atoms. The molecule has 0 aliphatic rings. The number of carbonyl (C=O) groups excluding carboxylic acids is 1. The van der Waals surface area contributed by atoms with Crippen LogP contribution in [0.4, 0.5) is 13.2 Å². The number of carbonyl (C=O) groups is 1. The summed E-state index contributed by atoms with van der Waals surface area (Å²) in [5.41, 5.74) is -0.935. The van der Waals surface area contributed by atoms with Crippen LogP contribution < -0.4 is 10.1 Å². The molecular weight excluding hydrogens is 375 g/mol. The highest BCUT2D eigenvalue weighted by Gasteiger charge is 2.30. The monoisotopic (exact) mass is 391 g/mol. The van der Waals surface area contributed by atoms with Crippen molar-refractivity contribution in [2.75, 3.05) is 25.7 Å². The van der Waals surface area contributed by atoms with E-state index in [1.807, 2.05) is 0 Å². The van der Waals surface area contributed by atoms with E-state index in [0.717, 1.165) is 23.1 Å². The topological polar surface area (TPSA) is 90.3 Å². The van der Waals surface area contributed by atoms with Gasteiger partial charge in [-0.1, -0.05) is 6.07 Å². The lowest BCUT2D eigenvalue weighted by atomic mass is 10.2. The van der Waals surface area contributed by atoms with Gasteiger partial charge in [0, 0.05) is 12.8 Å². The van der Waals surface area contributed by atoms with Crippen LogP contribution in [0.5, 0.6) is 5.75 Å². The molecule has 1 aromatic heterocycles. The van der Waals surface area contributed by atoms with Crippen LogP contribution in [0.1, 0.15) is 16.1 Å². The smallest absolute Gasteiger partial charge is 0.416 e. The zero-order valence-electron chi connectivity index (χ0n) is 13.9. The van der Waals surface area contributed by atoms with Gasteiger partial charge in [-0.3, -0.25) is 4.79 Å². The molecule has 2 rings (SSSR count). The Morgan fingerprint density at radius 3 is 2.62 bits per heavy atom. The average Bonchev–Trinajstić information content (AvgIpc) is 2.97. The fourth-order valence-electron chi connectivity index (χ4n) is 2.06. The highest BCUT2D eigenvalue weighted by Crippen LogP contribution is 2.30. The lowest BCUT2D eigenvalue weighted by molar-refractivity contribution is -0.137. The number of benzene rings is 1. The molecule has 26 heavy (non-hydrogen) atoms. The van der Waals surface area contributed by atoms with Crippen molar-refractivity contribution in [2.45, 2.75) is 6.18 Å². The molecule has 0 unspecified atom stereocenters. The van der Waals surface area contributed by atoms with E-state index in [1.54, 1.807) is 0 Å². The second-order valence-electron chi connectivity index (χ2n) is 5.42. The summed E-state index contributed by atoms with van der Waals surface area (Å²) in [6.45, 7) is -0.128. The molecule has 0 aliphatic heterocycles. The molecule has 142 valence electrons. The molecule has 0 atom stereocenters. The van der Waals surface area contributed by atoms with Gasteiger partial charge in [0.15, 0.2) is 11.4 Å². The zero-order chi connectivity index (χ0) is 19.5. The number of aromatic nitrogens is 2. The van der Waals surface area contributed by atoms with Gasteiger partial charge in [0.2, 0.25) is 0 Å². The molecule has 7 nitrogen and oxygen atoms in total. The van der Waals surface area contributed by atoms with E-state index in [0.29, 0.717) is 0 Å². The van der Waals surface area contributed by atoms with Crippen LogP contribution in [-0.4, -0.2) is 49.8 Å². The van der Waals surface area contributed by atoms with Crippen molar-refractivity contribution in [2.24, 2.45) is 0 Å². The van der Waals surface area contributed by atoms with E-state index in [2.05, 4.69) is 10.4 Å². The quantitative estimate of drug-likeness (QED) is 0.809. The second kappa shape index (κ2) is 7.36. The summed E-state index contributed by atoms with van der Waals surface area (Å²) in [4.78, 5) is 12.1. The SMILES string of the molecule is COc1cn(-c2cccc(C(F)(F)F)c2)nc1C(=O)NCCS(C)(=O)=O. The third kappa shape index (κ3) is 4.97. The summed E-state index contributed by atoms with van der Waals surface area (Å²) in [7, 11) is -1.97. The number of rotatable bonds is 6. The molecule has 1 aromatic carbocycles. The minimum atomic E-state index is -4.51. The van der Waals surface area contributed by atoms with Gasteiger partial charge in [0.25, 0.3) is 5.91 Å². The summed E-state index contributed by atoms with van der Waals surface area (Å²) >= 11 is 0. The normalized spacial score (nSPS) is 12.0. The van der Waals surface area contributed by atoms with Gasteiger partial charge < -0.3 is 10.1 Å². The lowest BCUT2D eigenvalue weighted by Crippen LogP contribution is -2.29. The Balaban J connectivity index is 2.27. The Morgan fingerprint density at radius 1 is 1.35 bits per heavy atom. The number of methoxy groups -OCH3 is 1. The van der Waals surface area contributed by atoms with Crippen molar-refractivity contribution in [3.8, 4) is 11.4 Å². The Bertz CT molecular complexity index is 907. The first-order chi connectivity index (χ1) is 12.0. The molecule has 0 saturated carbocycles. The fraction of sp³-hybridized carbons (Fsp3) is 0.333. The van der Waals surface area contributed by atoms with Crippen molar-refractivity contribution >= 4 is 15.7 Å². The standard InChI is InChI=1S/C15H16F3N3O4S/c1-25-12-9-21(11-5-3-4-10(8-11)15(16,17)18)20-13(12)14(22)19-6-7-26(2,23)24/h3-5,8-9H,6-7H2,1-2H3,(H,19,22). The molecule has 0 spiro atoms. The minimum Gasteiger partial charge on any atom is -0.493 e. The molecule has 1 heterocycles. The maximum absolute atomic E-state index is 12.8.